The highest BCUT2D eigenvalue weighted by atomic mass is 19.4. The first-order chi connectivity index (χ1) is 17.9. The molecule has 0 spiro atoms. The molecule has 0 aliphatic carbocycles. The van der Waals surface area contributed by atoms with Crippen LogP contribution >= 0.6 is 0 Å². The van der Waals surface area contributed by atoms with Crippen molar-refractivity contribution in [2.24, 2.45) is 0 Å². The molecular weight excluding hydrogens is 497 g/mol. The monoisotopic (exact) mass is 526 g/mol. The van der Waals surface area contributed by atoms with Gasteiger partial charge in [-0.05, 0) is 62.4 Å². The molecule has 2 heterocycles. The van der Waals surface area contributed by atoms with Gasteiger partial charge >= 0.3 is 6.18 Å². The van der Waals surface area contributed by atoms with Crippen molar-refractivity contribution in [3.63, 3.8) is 0 Å². The van der Waals surface area contributed by atoms with E-state index in [-0.39, 0.29) is 11.8 Å². The third-order valence-electron chi connectivity index (χ3n) is 6.64. The van der Waals surface area contributed by atoms with Crippen molar-refractivity contribution < 1.29 is 22.8 Å². The highest BCUT2D eigenvalue weighted by Crippen LogP contribution is 2.30. The average molecular weight is 527 g/mol. The number of nitrogens with zero attached hydrogens (tertiary/aromatic N) is 3. The lowest BCUT2D eigenvalue weighted by molar-refractivity contribution is -0.137. The quantitative estimate of drug-likeness (QED) is 0.410. The first-order valence-corrected chi connectivity index (χ1v) is 12.1. The van der Waals surface area contributed by atoms with Crippen molar-refractivity contribution in [2.75, 3.05) is 47.4 Å². The van der Waals surface area contributed by atoms with E-state index in [0.29, 0.717) is 54.6 Å². The number of para-hydroxylation sites is 2. The zero-order valence-electron chi connectivity index (χ0n) is 21.0. The van der Waals surface area contributed by atoms with E-state index in [4.69, 9.17) is 5.73 Å². The number of nitrogens with one attached hydrogen (secondary N) is 2. The van der Waals surface area contributed by atoms with Crippen LogP contribution in [0.2, 0.25) is 0 Å². The smallest absolute Gasteiger partial charge is 0.397 e. The summed E-state index contributed by atoms with van der Waals surface area (Å²) < 4.78 is 38.4. The van der Waals surface area contributed by atoms with E-state index in [2.05, 4.69) is 15.6 Å². The highest BCUT2D eigenvalue weighted by molar-refractivity contribution is 6.06. The molecule has 1 aliphatic heterocycles. The summed E-state index contributed by atoms with van der Waals surface area (Å²) in [6.45, 7) is 5.74. The molecule has 8 nitrogen and oxygen atoms in total. The van der Waals surface area contributed by atoms with E-state index in [1.165, 1.54) is 6.07 Å². The zero-order chi connectivity index (χ0) is 27.5. The Labute approximate surface area is 218 Å². The Balaban J connectivity index is 1.32. The van der Waals surface area contributed by atoms with Gasteiger partial charge in [0.25, 0.3) is 5.91 Å². The first kappa shape index (κ1) is 26.9. The SMILES string of the molecule is CC(C)(C(=O)Nc1ccc(C(=O)Nc2ccccc2N)cc1)N1CCN(c2ccc(C(F)(F)F)cn2)CC1. The number of halogens is 3. The van der Waals surface area contributed by atoms with Crippen molar-refractivity contribution in [3.8, 4) is 0 Å². The lowest BCUT2D eigenvalue weighted by Crippen LogP contribution is -2.59. The number of piperazine rings is 1. The summed E-state index contributed by atoms with van der Waals surface area (Å²) in [6, 6.07) is 15.9. The van der Waals surface area contributed by atoms with E-state index in [9.17, 15) is 22.8 Å². The number of nitrogens with two attached hydrogens (primary N) is 1. The number of nitrogen functional groups attached to an aromatic ring is 1. The van der Waals surface area contributed by atoms with Gasteiger partial charge in [0, 0.05) is 43.6 Å². The summed E-state index contributed by atoms with van der Waals surface area (Å²) in [5.41, 5.74) is 6.19. The molecule has 2 amide bonds. The van der Waals surface area contributed by atoms with Gasteiger partial charge in [-0.25, -0.2) is 4.98 Å². The second-order valence-corrected chi connectivity index (χ2v) is 9.51. The van der Waals surface area contributed by atoms with Gasteiger partial charge in [-0.3, -0.25) is 14.5 Å². The second-order valence-electron chi connectivity index (χ2n) is 9.51. The molecule has 0 atom stereocenters. The highest BCUT2D eigenvalue weighted by Gasteiger charge is 2.37. The molecule has 1 saturated heterocycles. The van der Waals surface area contributed by atoms with Crippen LogP contribution in [0.4, 0.5) is 36.1 Å². The zero-order valence-corrected chi connectivity index (χ0v) is 21.0. The third kappa shape index (κ3) is 6.05. The molecule has 0 unspecified atom stereocenters. The number of alkyl halides is 3. The van der Waals surface area contributed by atoms with Gasteiger partial charge in [0.1, 0.15) is 5.82 Å². The third-order valence-corrected chi connectivity index (χ3v) is 6.64. The molecule has 200 valence electrons. The maximum atomic E-state index is 13.1. The number of carbonyl (C=O) groups is 2. The maximum absolute atomic E-state index is 13.1. The Hall–Kier alpha value is -4.12. The predicted molar refractivity (Wildman–Crippen MR) is 141 cm³/mol. The number of amides is 2. The van der Waals surface area contributed by atoms with Gasteiger partial charge in [0.15, 0.2) is 0 Å². The maximum Gasteiger partial charge on any atom is 0.417 e. The molecule has 0 radical (unpaired) electrons. The average Bonchev–Trinajstić information content (AvgIpc) is 2.90. The molecule has 2 aromatic carbocycles. The van der Waals surface area contributed by atoms with Crippen LogP contribution < -0.4 is 21.3 Å². The number of carbonyl (C=O) groups excluding carboxylic acids is 2. The fourth-order valence-corrected chi connectivity index (χ4v) is 4.17. The van der Waals surface area contributed by atoms with Gasteiger partial charge in [0.2, 0.25) is 5.91 Å². The van der Waals surface area contributed by atoms with Crippen LogP contribution in [0, 0.1) is 0 Å². The number of benzene rings is 2. The van der Waals surface area contributed by atoms with Crippen LogP contribution in [0.1, 0.15) is 29.8 Å². The molecule has 4 N–H and O–H groups in total. The molecule has 0 saturated carbocycles. The fraction of sp³-hybridized carbons (Fsp3) is 0.296. The number of pyridine rings is 1. The Morgan fingerprint density at radius 3 is 2.13 bits per heavy atom. The van der Waals surface area contributed by atoms with Crippen LogP contribution in [0.25, 0.3) is 0 Å². The molecule has 38 heavy (non-hydrogen) atoms. The van der Waals surface area contributed by atoms with Gasteiger partial charge in [-0.2, -0.15) is 13.2 Å². The van der Waals surface area contributed by atoms with Crippen LogP contribution in [0.15, 0.2) is 66.9 Å². The molecule has 11 heteroatoms. The van der Waals surface area contributed by atoms with E-state index in [0.717, 1.165) is 12.3 Å². The summed E-state index contributed by atoms with van der Waals surface area (Å²) in [6.07, 6.45) is -3.59. The summed E-state index contributed by atoms with van der Waals surface area (Å²) >= 11 is 0. The molecule has 1 aromatic heterocycles. The summed E-state index contributed by atoms with van der Waals surface area (Å²) in [5.74, 6) is -0.0617. The molecule has 1 fully saturated rings. The van der Waals surface area contributed by atoms with Crippen molar-refractivity contribution in [1.29, 1.82) is 0 Å². The van der Waals surface area contributed by atoms with E-state index < -0.39 is 17.3 Å². The summed E-state index contributed by atoms with van der Waals surface area (Å²) in [5, 5.41) is 5.67. The molecule has 0 bridgehead atoms. The van der Waals surface area contributed by atoms with Gasteiger partial charge in [-0.15, -0.1) is 0 Å². The Morgan fingerprint density at radius 2 is 1.55 bits per heavy atom. The first-order valence-electron chi connectivity index (χ1n) is 12.1. The second kappa shape index (κ2) is 10.7. The van der Waals surface area contributed by atoms with Crippen molar-refractivity contribution in [3.05, 3.63) is 78.0 Å². The van der Waals surface area contributed by atoms with Crippen molar-refractivity contribution in [2.45, 2.75) is 25.6 Å². The lowest BCUT2D eigenvalue weighted by Gasteiger charge is -2.43. The number of rotatable bonds is 6. The standard InChI is InChI=1S/C27H29F3N6O2/c1-26(2,36-15-13-35(14-16-36)23-12-9-19(17-32-23)27(28,29)30)25(38)33-20-10-7-18(8-11-20)24(37)34-22-6-4-3-5-21(22)31/h3-12,17H,13-16,31H2,1-2H3,(H,33,38)(H,34,37). The normalized spacial score (nSPS) is 14.7. The van der Waals surface area contributed by atoms with Crippen LogP contribution in [-0.4, -0.2) is 53.4 Å². The van der Waals surface area contributed by atoms with Gasteiger partial charge < -0.3 is 21.3 Å². The Morgan fingerprint density at radius 1 is 0.895 bits per heavy atom. The number of aromatic nitrogens is 1. The van der Waals surface area contributed by atoms with Crippen LogP contribution in [0.5, 0.6) is 0 Å². The number of anilines is 4. The van der Waals surface area contributed by atoms with Crippen LogP contribution in [0.3, 0.4) is 0 Å². The predicted octanol–water partition coefficient (Wildman–Crippen LogP) is 4.47. The summed E-state index contributed by atoms with van der Waals surface area (Å²) in [4.78, 5) is 33.6. The largest absolute Gasteiger partial charge is 0.417 e. The minimum atomic E-state index is -4.43. The van der Waals surface area contributed by atoms with Crippen LogP contribution in [-0.2, 0) is 11.0 Å². The van der Waals surface area contributed by atoms with Gasteiger partial charge in [-0.1, -0.05) is 12.1 Å². The van der Waals surface area contributed by atoms with Crippen molar-refractivity contribution >= 4 is 34.7 Å². The van der Waals surface area contributed by atoms with E-state index in [1.54, 1.807) is 48.5 Å². The Bertz CT molecular complexity index is 1290. The molecule has 1 aliphatic rings. The lowest BCUT2D eigenvalue weighted by atomic mass is 10.00. The number of hydrogen-bond donors (Lipinski definition) is 3. The summed E-state index contributed by atoms with van der Waals surface area (Å²) in [7, 11) is 0. The molecular formula is C27H29F3N6O2. The number of hydrogen-bond acceptors (Lipinski definition) is 6. The minimum Gasteiger partial charge on any atom is -0.397 e. The minimum absolute atomic E-state index is 0.215. The van der Waals surface area contributed by atoms with Gasteiger partial charge in [0.05, 0.1) is 22.5 Å². The Kier molecular flexibility index (Phi) is 7.58. The fourth-order valence-electron chi connectivity index (χ4n) is 4.17. The molecule has 4 rings (SSSR count). The molecule has 3 aromatic rings. The topological polar surface area (TPSA) is 104 Å². The van der Waals surface area contributed by atoms with Crippen molar-refractivity contribution in [1.82, 2.24) is 9.88 Å². The van der Waals surface area contributed by atoms with E-state index in [1.807, 2.05) is 23.6 Å². The van der Waals surface area contributed by atoms with E-state index >= 15 is 0 Å².